The molecule has 8 nitrogen and oxygen atoms in total. The second-order valence-corrected chi connectivity index (χ2v) is 7.89. The molecule has 3 rings (SSSR count). The maximum absolute atomic E-state index is 12.4. The van der Waals surface area contributed by atoms with Crippen molar-refractivity contribution in [3.05, 3.63) is 82.3 Å². The molecule has 176 valence electrons. The van der Waals surface area contributed by atoms with Crippen LogP contribution in [0.4, 0.5) is 0 Å². The highest BCUT2D eigenvalue weighted by Gasteiger charge is 2.15. The zero-order chi connectivity index (χ0) is 24.5. The van der Waals surface area contributed by atoms with E-state index in [0.717, 1.165) is 4.47 Å². The summed E-state index contributed by atoms with van der Waals surface area (Å²) in [6.07, 6.45) is 0.703. The van der Waals surface area contributed by atoms with Gasteiger partial charge in [0.2, 0.25) is 0 Å². The summed E-state index contributed by atoms with van der Waals surface area (Å²) in [6, 6.07) is 18.6. The van der Waals surface area contributed by atoms with Crippen LogP contribution in [-0.4, -0.2) is 38.4 Å². The summed E-state index contributed by atoms with van der Waals surface area (Å²) in [6.45, 7) is 1.63. The van der Waals surface area contributed by atoms with E-state index < -0.39 is 18.0 Å². The highest BCUT2D eigenvalue weighted by molar-refractivity contribution is 9.10. The highest BCUT2D eigenvalue weighted by atomic mass is 79.9. The van der Waals surface area contributed by atoms with E-state index in [-0.39, 0.29) is 5.75 Å². The first-order valence-electron chi connectivity index (χ1n) is 10.2. The minimum absolute atomic E-state index is 0.251. The highest BCUT2D eigenvalue weighted by Crippen LogP contribution is 2.28. The van der Waals surface area contributed by atoms with Gasteiger partial charge in [-0.15, -0.1) is 0 Å². The molecule has 0 aromatic heterocycles. The number of carbonyl (C=O) groups excluding carboxylic acids is 2. The molecule has 0 aliphatic carbocycles. The van der Waals surface area contributed by atoms with Crippen molar-refractivity contribution < 1.29 is 28.5 Å². The van der Waals surface area contributed by atoms with Crippen molar-refractivity contribution in [3.63, 3.8) is 0 Å². The van der Waals surface area contributed by atoms with E-state index in [9.17, 15) is 9.59 Å². The van der Waals surface area contributed by atoms with Gasteiger partial charge in [0.25, 0.3) is 5.91 Å². The summed E-state index contributed by atoms with van der Waals surface area (Å²) >= 11 is 3.35. The third-order valence-corrected chi connectivity index (χ3v) is 5.13. The number of nitrogens with zero attached hydrogens (tertiary/aromatic N) is 1. The van der Waals surface area contributed by atoms with Crippen molar-refractivity contribution in [2.45, 2.75) is 13.0 Å². The van der Waals surface area contributed by atoms with Crippen LogP contribution in [0.15, 0.2) is 76.3 Å². The lowest BCUT2D eigenvalue weighted by Crippen LogP contribution is -2.33. The monoisotopic (exact) mass is 526 g/mol. The molecule has 0 saturated heterocycles. The predicted octanol–water partition coefficient (Wildman–Crippen LogP) is 4.60. The minimum atomic E-state index is -0.743. The smallest absolute Gasteiger partial charge is 0.343 e. The Morgan fingerprint density at radius 1 is 0.912 bits per heavy atom. The Kier molecular flexibility index (Phi) is 8.64. The van der Waals surface area contributed by atoms with Gasteiger partial charge in [-0.3, -0.25) is 4.79 Å². The van der Waals surface area contributed by atoms with Gasteiger partial charge in [-0.2, -0.15) is 5.10 Å². The number of hydrazone groups is 1. The topological polar surface area (TPSA) is 95.5 Å². The number of carbonyl (C=O) groups is 2. The van der Waals surface area contributed by atoms with Crippen LogP contribution in [0.1, 0.15) is 22.8 Å². The van der Waals surface area contributed by atoms with Crippen LogP contribution in [0.25, 0.3) is 0 Å². The molecule has 0 saturated carbocycles. The molecular weight excluding hydrogens is 504 g/mol. The van der Waals surface area contributed by atoms with E-state index >= 15 is 0 Å². The maximum Gasteiger partial charge on any atom is 0.343 e. The molecule has 0 heterocycles. The molecular formula is C25H23BrN2O6. The maximum atomic E-state index is 12.4. The van der Waals surface area contributed by atoms with Crippen molar-refractivity contribution in [1.29, 1.82) is 0 Å². The lowest BCUT2D eigenvalue weighted by Gasteiger charge is -2.13. The van der Waals surface area contributed by atoms with Crippen molar-refractivity contribution >= 4 is 34.0 Å². The third-order valence-electron chi connectivity index (χ3n) is 4.60. The summed E-state index contributed by atoms with van der Waals surface area (Å²) in [5.74, 6) is 0.856. The first kappa shape index (κ1) is 24.8. The van der Waals surface area contributed by atoms with Crippen LogP contribution in [0.2, 0.25) is 0 Å². The number of hydrogen-bond acceptors (Lipinski definition) is 7. The van der Waals surface area contributed by atoms with Gasteiger partial charge >= 0.3 is 5.97 Å². The van der Waals surface area contributed by atoms with E-state index in [1.54, 1.807) is 68.6 Å². The lowest BCUT2D eigenvalue weighted by molar-refractivity contribution is -0.127. The average Bonchev–Trinajstić information content (AvgIpc) is 2.86. The van der Waals surface area contributed by atoms with E-state index in [0.29, 0.717) is 28.4 Å². The summed E-state index contributed by atoms with van der Waals surface area (Å²) in [7, 11) is 3.01. The Balaban J connectivity index is 1.59. The second kappa shape index (κ2) is 11.9. The zero-order valence-electron chi connectivity index (χ0n) is 18.8. The van der Waals surface area contributed by atoms with Crippen molar-refractivity contribution in [3.8, 4) is 23.0 Å². The van der Waals surface area contributed by atoms with Crippen LogP contribution in [-0.2, 0) is 4.79 Å². The predicted molar refractivity (Wildman–Crippen MR) is 131 cm³/mol. The summed E-state index contributed by atoms with van der Waals surface area (Å²) < 4.78 is 22.4. The van der Waals surface area contributed by atoms with E-state index in [1.807, 2.05) is 12.1 Å². The molecule has 0 radical (unpaired) electrons. The number of amides is 1. The first-order valence-corrected chi connectivity index (χ1v) is 11.0. The van der Waals surface area contributed by atoms with Crippen LogP contribution < -0.4 is 24.4 Å². The fourth-order valence-corrected chi connectivity index (χ4v) is 3.03. The normalized spacial score (nSPS) is 11.5. The van der Waals surface area contributed by atoms with Gasteiger partial charge in [0.05, 0.1) is 26.0 Å². The van der Waals surface area contributed by atoms with Gasteiger partial charge < -0.3 is 18.9 Å². The van der Waals surface area contributed by atoms with Crippen molar-refractivity contribution in [1.82, 2.24) is 5.43 Å². The standard InChI is InChI=1S/C25H23BrN2O6/c1-16(33-21-11-7-19(26)8-12-21)24(29)28-27-15-17-4-13-22(23(14-17)32-3)34-25(30)18-5-9-20(31-2)10-6-18/h4-16H,1-3H3,(H,28,29). The van der Waals surface area contributed by atoms with Gasteiger partial charge in [0, 0.05) is 4.47 Å². The molecule has 1 N–H and O–H groups in total. The molecule has 0 fully saturated rings. The number of nitrogens with one attached hydrogen (secondary N) is 1. The summed E-state index contributed by atoms with van der Waals surface area (Å²) in [5.41, 5.74) is 3.44. The first-order chi connectivity index (χ1) is 16.4. The molecule has 34 heavy (non-hydrogen) atoms. The molecule has 0 aliphatic rings. The molecule has 0 spiro atoms. The number of esters is 1. The fourth-order valence-electron chi connectivity index (χ4n) is 2.77. The molecule has 1 atom stereocenters. The van der Waals surface area contributed by atoms with Crippen LogP contribution in [0.5, 0.6) is 23.0 Å². The molecule has 1 unspecified atom stereocenters. The summed E-state index contributed by atoms with van der Waals surface area (Å²) in [5, 5.41) is 3.96. The molecule has 0 aliphatic heterocycles. The minimum Gasteiger partial charge on any atom is -0.497 e. The number of rotatable bonds is 9. The Hall–Kier alpha value is -3.85. The Morgan fingerprint density at radius 2 is 1.59 bits per heavy atom. The third kappa shape index (κ3) is 6.82. The van der Waals surface area contributed by atoms with Crippen LogP contribution in [0, 0.1) is 0 Å². The molecule has 0 bridgehead atoms. The van der Waals surface area contributed by atoms with Gasteiger partial charge in [0.15, 0.2) is 17.6 Å². The number of methoxy groups -OCH3 is 2. The Morgan fingerprint density at radius 3 is 2.24 bits per heavy atom. The van der Waals surface area contributed by atoms with Crippen LogP contribution in [0.3, 0.4) is 0 Å². The number of halogens is 1. The second-order valence-electron chi connectivity index (χ2n) is 6.98. The Bertz CT molecular complexity index is 1160. The largest absolute Gasteiger partial charge is 0.497 e. The zero-order valence-corrected chi connectivity index (χ0v) is 20.4. The fraction of sp³-hybridized carbons (Fsp3) is 0.160. The Labute approximate surface area is 205 Å². The van der Waals surface area contributed by atoms with Crippen molar-refractivity contribution in [2.24, 2.45) is 5.10 Å². The van der Waals surface area contributed by atoms with Crippen LogP contribution >= 0.6 is 15.9 Å². The van der Waals surface area contributed by atoms with E-state index in [4.69, 9.17) is 18.9 Å². The van der Waals surface area contributed by atoms with Gasteiger partial charge in [-0.05, 0) is 79.2 Å². The van der Waals surface area contributed by atoms with E-state index in [2.05, 4.69) is 26.5 Å². The lowest BCUT2D eigenvalue weighted by atomic mass is 10.2. The number of ether oxygens (including phenoxy) is 4. The van der Waals surface area contributed by atoms with Crippen molar-refractivity contribution in [2.75, 3.05) is 14.2 Å². The van der Waals surface area contributed by atoms with Gasteiger partial charge in [0.1, 0.15) is 11.5 Å². The number of benzene rings is 3. The quantitative estimate of drug-likeness (QED) is 0.189. The van der Waals surface area contributed by atoms with Gasteiger partial charge in [-0.1, -0.05) is 15.9 Å². The average molecular weight is 527 g/mol. The molecule has 3 aromatic rings. The SMILES string of the molecule is COc1ccc(C(=O)Oc2ccc(C=NNC(=O)C(C)Oc3ccc(Br)cc3)cc2OC)cc1. The molecule has 1 amide bonds. The summed E-state index contributed by atoms with van der Waals surface area (Å²) in [4.78, 5) is 24.6. The molecule has 3 aromatic carbocycles. The molecule has 9 heteroatoms. The van der Waals surface area contributed by atoms with E-state index in [1.165, 1.54) is 13.3 Å². The van der Waals surface area contributed by atoms with Gasteiger partial charge in [-0.25, -0.2) is 10.2 Å². The number of hydrogen-bond donors (Lipinski definition) is 1.